The monoisotopic (exact) mass is 270 g/mol. The van der Waals surface area contributed by atoms with Gasteiger partial charge in [-0.25, -0.2) is 0 Å². The lowest BCUT2D eigenvalue weighted by atomic mass is 10.1. The highest BCUT2D eigenvalue weighted by Gasteiger charge is 2.37. The van der Waals surface area contributed by atoms with Crippen LogP contribution in [-0.4, -0.2) is 37.2 Å². The van der Waals surface area contributed by atoms with E-state index in [0.717, 1.165) is 18.2 Å². The summed E-state index contributed by atoms with van der Waals surface area (Å²) in [6, 6.07) is 6.85. The molecule has 1 aromatic rings. The average molecular weight is 270 g/mol. The summed E-state index contributed by atoms with van der Waals surface area (Å²) in [4.78, 5) is 0. The van der Waals surface area contributed by atoms with Gasteiger partial charge in [0.05, 0.1) is 7.11 Å². The van der Waals surface area contributed by atoms with E-state index in [4.69, 9.17) is 18.0 Å². The highest BCUT2D eigenvalue weighted by atomic mass is 28.4. The van der Waals surface area contributed by atoms with E-state index in [-0.39, 0.29) is 0 Å². The van der Waals surface area contributed by atoms with Crippen molar-refractivity contribution in [3.63, 3.8) is 0 Å². The van der Waals surface area contributed by atoms with Gasteiger partial charge in [0.15, 0.2) is 0 Å². The molecule has 0 fully saturated rings. The van der Waals surface area contributed by atoms with Crippen molar-refractivity contribution in [2.45, 2.75) is 19.4 Å². The van der Waals surface area contributed by atoms with Crippen LogP contribution in [0, 0.1) is 6.92 Å². The van der Waals surface area contributed by atoms with Crippen LogP contribution in [0.2, 0.25) is 6.04 Å². The number of ether oxygens (including phenoxy) is 1. The number of aryl methyl sites for hydroxylation is 2. The van der Waals surface area contributed by atoms with Crippen LogP contribution in [0.3, 0.4) is 0 Å². The molecular weight excluding hydrogens is 248 g/mol. The van der Waals surface area contributed by atoms with E-state index in [1.54, 1.807) is 28.4 Å². The van der Waals surface area contributed by atoms with E-state index in [0.29, 0.717) is 0 Å². The Morgan fingerprint density at radius 1 is 1.00 bits per heavy atom. The SMILES string of the molecule is COc1ccc(CC[Si](OC)(OC)OC)c(C)c1. The molecule has 1 rings (SSSR count). The summed E-state index contributed by atoms with van der Waals surface area (Å²) in [5.74, 6) is 0.880. The third-order valence-electron chi connectivity index (χ3n) is 3.18. The highest BCUT2D eigenvalue weighted by molar-refractivity contribution is 6.60. The third-order valence-corrected chi connectivity index (χ3v) is 5.91. The van der Waals surface area contributed by atoms with Crippen molar-refractivity contribution < 1.29 is 18.0 Å². The predicted octanol–water partition coefficient (Wildman–Crippen LogP) is 2.42. The molecule has 0 radical (unpaired) electrons. The first-order chi connectivity index (χ1) is 8.60. The molecule has 0 bridgehead atoms. The maximum absolute atomic E-state index is 5.41. The number of benzene rings is 1. The molecule has 0 aliphatic heterocycles. The number of hydrogen-bond acceptors (Lipinski definition) is 4. The van der Waals surface area contributed by atoms with Crippen LogP contribution >= 0.6 is 0 Å². The molecule has 0 spiro atoms. The Bertz CT molecular complexity index is 369. The van der Waals surface area contributed by atoms with Gasteiger partial charge in [-0.2, -0.15) is 0 Å². The second kappa shape index (κ2) is 6.89. The van der Waals surface area contributed by atoms with Gasteiger partial charge >= 0.3 is 8.80 Å². The van der Waals surface area contributed by atoms with E-state index in [9.17, 15) is 0 Å². The number of rotatable bonds is 7. The normalized spacial score (nSPS) is 11.6. The Morgan fingerprint density at radius 2 is 1.61 bits per heavy atom. The van der Waals surface area contributed by atoms with Crippen LogP contribution in [0.4, 0.5) is 0 Å². The summed E-state index contributed by atoms with van der Waals surface area (Å²) in [5, 5.41) is 0. The topological polar surface area (TPSA) is 36.9 Å². The minimum Gasteiger partial charge on any atom is -0.497 e. The molecule has 0 heterocycles. The van der Waals surface area contributed by atoms with Crippen LogP contribution in [0.5, 0.6) is 5.75 Å². The molecule has 18 heavy (non-hydrogen) atoms. The fourth-order valence-electron chi connectivity index (χ4n) is 1.92. The van der Waals surface area contributed by atoms with Gasteiger partial charge in [0, 0.05) is 27.4 Å². The average Bonchev–Trinajstić information content (AvgIpc) is 2.42. The zero-order chi connectivity index (χ0) is 13.6. The van der Waals surface area contributed by atoms with Gasteiger partial charge in [-0.3, -0.25) is 0 Å². The molecule has 0 aliphatic rings. The van der Waals surface area contributed by atoms with E-state index < -0.39 is 8.80 Å². The first-order valence-electron chi connectivity index (χ1n) is 5.89. The lowest BCUT2D eigenvalue weighted by Crippen LogP contribution is -2.43. The molecule has 0 atom stereocenters. The molecule has 0 aliphatic carbocycles. The maximum Gasteiger partial charge on any atom is 0.500 e. The lowest BCUT2D eigenvalue weighted by molar-refractivity contribution is 0.123. The van der Waals surface area contributed by atoms with Gasteiger partial charge in [0.2, 0.25) is 0 Å². The standard InChI is InChI=1S/C13H22O4Si/c1-11-10-13(14-2)7-6-12(11)8-9-18(15-3,16-4)17-5/h6-7,10H,8-9H2,1-5H3. The lowest BCUT2D eigenvalue weighted by Gasteiger charge is -2.24. The van der Waals surface area contributed by atoms with Gasteiger partial charge in [0.1, 0.15) is 5.75 Å². The molecule has 0 saturated heterocycles. The second-order valence-electron chi connectivity index (χ2n) is 4.09. The minimum atomic E-state index is -2.48. The summed E-state index contributed by atoms with van der Waals surface area (Å²) in [5.41, 5.74) is 2.47. The van der Waals surface area contributed by atoms with Crippen LogP contribution in [0.15, 0.2) is 18.2 Å². The molecule has 0 unspecified atom stereocenters. The smallest absolute Gasteiger partial charge is 0.497 e. The van der Waals surface area contributed by atoms with Crippen LogP contribution in [-0.2, 0) is 19.7 Å². The zero-order valence-corrected chi connectivity index (χ0v) is 12.8. The molecule has 1 aromatic carbocycles. The summed E-state index contributed by atoms with van der Waals surface area (Å²) in [6.45, 7) is 2.08. The molecule has 5 heteroatoms. The Morgan fingerprint density at radius 3 is 2.06 bits per heavy atom. The summed E-state index contributed by atoms with van der Waals surface area (Å²) < 4.78 is 21.4. The highest BCUT2D eigenvalue weighted by Crippen LogP contribution is 2.21. The van der Waals surface area contributed by atoms with Crippen LogP contribution in [0.1, 0.15) is 11.1 Å². The van der Waals surface area contributed by atoms with Gasteiger partial charge in [-0.1, -0.05) is 6.07 Å². The molecule has 0 saturated carbocycles. The predicted molar refractivity (Wildman–Crippen MR) is 73.0 cm³/mol. The van der Waals surface area contributed by atoms with Crippen molar-refractivity contribution in [2.24, 2.45) is 0 Å². The number of methoxy groups -OCH3 is 1. The van der Waals surface area contributed by atoms with Crippen LogP contribution in [0.25, 0.3) is 0 Å². The van der Waals surface area contributed by atoms with Gasteiger partial charge in [-0.05, 0) is 36.6 Å². The summed E-state index contributed by atoms with van der Waals surface area (Å²) >= 11 is 0. The van der Waals surface area contributed by atoms with Crippen molar-refractivity contribution in [3.05, 3.63) is 29.3 Å². The van der Waals surface area contributed by atoms with E-state index in [1.165, 1.54) is 11.1 Å². The zero-order valence-electron chi connectivity index (χ0n) is 11.8. The van der Waals surface area contributed by atoms with Crippen molar-refractivity contribution >= 4 is 8.80 Å². The second-order valence-corrected chi connectivity index (χ2v) is 7.18. The Balaban J connectivity index is 2.73. The van der Waals surface area contributed by atoms with Gasteiger partial charge in [-0.15, -0.1) is 0 Å². The van der Waals surface area contributed by atoms with Gasteiger partial charge < -0.3 is 18.0 Å². The molecule has 4 nitrogen and oxygen atoms in total. The van der Waals surface area contributed by atoms with Crippen molar-refractivity contribution in [3.8, 4) is 5.75 Å². The van der Waals surface area contributed by atoms with Gasteiger partial charge in [0.25, 0.3) is 0 Å². The largest absolute Gasteiger partial charge is 0.500 e. The molecule has 0 N–H and O–H groups in total. The first kappa shape index (κ1) is 15.2. The Kier molecular flexibility index (Phi) is 5.81. The fourth-order valence-corrected chi connectivity index (χ4v) is 3.61. The van der Waals surface area contributed by atoms with Crippen molar-refractivity contribution in [2.75, 3.05) is 28.4 Å². The summed E-state index contributed by atoms with van der Waals surface area (Å²) in [6.07, 6.45) is 0.873. The number of hydrogen-bond donors (Lipinski definition) is 0. The minimum absolute atomic E-state index is 0.768. The van der Waals surface area contributed by atoms with Crippen molar-refractivity contribution in [1.29, 1.82) is 0 Å². The van der Waals surface area contributed by atoms with E-state index in [2.05, 4.69) is 13.0 Å². The molecule has 0 amide bonds. The summed E-state index contributed by atoms with van der Waals surface area (Å²) in [7, 11) is 4.11. The van der Waals surface area contributed by atoms with Crippen molar-refractivity contribution in [1.82, 2.24) is 0 Å². The molecular formula is C13H22O4Si. The van der Waals surface area contributed by atoms with E-state index >= 15 is 0 Å². The Labute approximate surface area is 110 Å². The molecule has 102 valence electrons. The third kappa shape index (κ3) is 3.55. The molecule has 0 aromatic heterocycles. The first-order valence-corrected chi connectivity index (χ1v) is 7.83. The fraction of sp³-hybridized carbons (Fsp3) is 0.538. The quantitative estimate of drug-likeness (QED) is 0.713. The van der Waals surface area contributed by atoms with Crippen LogP contribution < -0.4 is 4.74 Å². The van der Waals surface area contributed by atoms with E-state index in [1.807, 2.05) is 12.1 Å². The Hall–Kier alpha value is -0.883. The maximum atomic E-state index is 5.41.